The Morgan fingerprint density at radius 1 is 1.24 bits per heavy atom. The molecular formula is C25H25N3O5. The Balaban J connectivity index is 1.49. The predicted molar refractivity (Wildman–Crippen MR) is 120 cm³/mol. The van der Waals surface area contributed by atoms with Gasteiger partial charge in [0.25, 0.3) is 11.5 Å². The molecule has 1 saturated carbocycles. The molecule has 2 N–H and O–H groups in total. The molecule has 2 aliphatic rings. The number of aromatic amines is 1. The van der Waals surface area contributed by atoms with Gasteiger partial charge in [0.15, 0.2) is 0 Å². The predicted octanol–water partition coefficient (Wildman–Crippen LogP) is 3.34. The number of carbonyl (C=O) groups is 2. The number of aromatic nitrogens is 2. The zero-order valence-corrected chi connectivity index (χ0v) is 18.3. The van der Waals surface area contributed by atoms with Gasteiger partial charge in [0.05, 0.1) is 29.0 Å². The molecule has 8 nitrogen and oxygen atoms in total. The molecule has 3 aromatic rings. The van der Waals surface area contributed by atoms with E-state index in [1.807, 2.05) is 24.3 Å². The Bertz CT molecular complexity index is 1280. The molecule has 2 aromatic heterocycles. The molecule has 0 aliphatic heterocycles. The average Bonchev–Trinajstić information content (AvgIpc) is 3.22. The second-order valence-corrected chi connectivity index (χ2v) is 9.14. The van der Waals surface area contributed by atoms with Crippen molar-refractivity contribution in [1.82, 2.24) is 10.2 Å². The first-order chi connectivity index (χ1) is 15.9. The van der Waals surface area contributed by atoms with Gasteiger partial charge in [-0.15, -0.1) is 0 Å². The number of H-pyrrole nitrogens is 1. The number of carboxylic acids is 1. The molecule has 33 heavy (non-hydrogen) atoms. The third-order valence-corrected chi connectivity index (χ3v) is 6.92. The molecule has 2 atom stereocenters. The molecular weight excluding hydrogens is 422 g/mol. The van der Waals surface area contributed by atoms with Gasteiger partial charge in [-0.1, -0.05) is 12.1 Å². The van der Waals surface area contributed by atoms with Crippen molar-refractivity contribution in [2.24, 2.45) is 5.41 Å². The number of hydrogen-bond acceptors (Lipinski definition) is 5. The van der Waals surface area contributed by atoms with E-state index in [-0.39, 0.29) is 11.5 Å². The van der Waals surface area contributed by atoms with Gasteiger partial charge in [-0.2, -0.15) is 5.10 Å². The first kappa shape index (κ1) is 21.2. The first-order valence-corrected chi connectivity index (χ1v) is 11.2. The SMILES string of the molecule is CC1(C(=O)O)CC1N(C(=O)c1ccoc1)c1cccc(Cc2n[nH]c(=O)c3c2CCCC3)c1. The van der Waals surface area contributed by atoms with Gasteiger partial charge in [-0.25, -0.2) is 5.10 Å². The maximum atomic E-state index is 13.3. The molecule has 5 rings (SSSR count). The van der Waals surface area contributed by atoms with Crippen LogP contribution < -0.4 is 10.5 Å². The van der Waals surface area contributed by atoms with Crippen molar-refractivity contribution in [1.29, 1.82) is 0 Å². The topological polar surface area (TPSA) is 116 Å². The number of anilines is 1. The molecule has 2 heterocycles. The van der Waals surface area contributed by atoms with E-state index in [1.54, 1.807) is 17.9 Å². The van der Waals surface area contributed by atoms with E-state index in [0.29, 0.717) is 24.1 Å². The van der Waals surface area contributed by atoms with Crippen LogP contribution in [0.25, 0.3) is 0 Å². The summed E-state index contributed by atoms with van der Waals surface area (Å²) >= 11 is 0. The van der Waals surface area contributed by atoms with Crippen LogP contribution in [0.3, 0.4) is 0 Å². The summed E-state index contributed by atoms with van der Waals surface area (Å²) in [4.78, 5) is 38.9. The van der Waals surface area contributed by atoms with Crippen LogP contribution in [0, 0.1) is 5.41 Å². The highest BCUT2D eigenvalue weighted by molar-refractivity contribution is 6.07. The van der Waals surface area contributed by atoms with Crippen LogP contribution in [0.2, 0.25) is 0 Å². The van der Waals surface area contributed by atoms with Crippen molar-refractivity contribution in [3.63, 3.8) is 0 Å². The lowest BCUT2D eigenvalue weighted by atomic mass is 9.90. The highest BCUT2D eigenvalue weighted by Gasteiger charge is 2.61. The van der Waals surface area contributed by atoms with Crippen LogP contribution in [0.5, 0.6) is 0 Å². The van der Waals surface area contributed by atoms with Crippen molar-refractivity contribution in [2.75, 3.05) is 4.90 Å². The average molecular weight is 447 g/mol. The molecule has 0 radical (unpaired) electrons. The van der Waals surface area contributed by atoms with E-state index in [2.05, 4.69) is 10.2 Å². The second-order valence-electron chi connectivity index (χ2n) is 9.14. The van der Waals surface area contributed by atoms with Crippen LogP contribution in [0.15, 0.2) is 52.1 Å². The van der Waals surface area contributed by atoms with Crippen LogP contribution in [0.4, 0.5) is 5.69 Å². The minimum absolute atomic E-state index is 0.110. The molecule has 170 valence electrons. The van der Waals surface area contributed by atoms with Crippen LogP contribution >= 0.6 is 0 Å². The number of rotatable bonds is 6. The van der Waals surface area contributed by atoms with Gasteiger partial charge >= 0.3 is 5.97 Å². The summed E-state index contributed by atoms with van der Waals surface area (Å²) in [6, 6.07) is 8.66. The number of carboxylic acid groups (broad SMARTS) is 1. The van der Waals surface area contributed by atoms with Crippen molar-refractivity contribution in [3.8, 4) is 0 Å². The Hall–Kier alpha value is -3.68. The van der Waals surface area contributed by atoms with Gasteiger partial charge in [0.1, 0.15) is 6.26 Å². The Kier molecular flexibility index (Phi) is 5.15. The molecule has 0 spiro atoms. The minimum atomic E-state index is -0.991. The summed E-state index contributed by atoms with van der Waals surface area (Å²) in [5.74, 6) is -1.21. The number of furan rings is 1. The fourth-order valence-corrected chi connectivity index (χ4v) is 4.80. The van der Waals surface area contributed by atoms with E-state index in [9.17, 15) is 19.5 Å². The Labute approximate surface area is 190 Å². The molecule has 1 aromatic carbocycles. The molecule has 0 saturated heterocycles. The van der Waals surface area contributed by atoms with Crippen LogP contribution in [-0.4, -0.2) is 33.2 Å². The minimum Gasteiger partial charge on any atom is -0.481 e. The number of nitrogens with zero attached hydrogens (tertiary/aromatic N) is 2. The maximum absolute atomic E-state index is 13.3. The zero-order valence-electron chi connectivity index (χ0n) is 18.3. The Morgan fingerprint density at radius 2 is 2.03 bits per heavy atom. The normalized spacial score (nSPS) is 21.3. The molecule has 0 bridgehead atoms. The molecule has 1 fully saturated rings. The number of carbonyl (C=O) groups excluding carboxylic acids is 1. The van der Waals surface area contributed by atoms with Crippen LogP contribution in [0.1, 0.15) is 58.9 Å². The molecule has 2 unspecified atom stereocenters. The first-order valence-electron chi connectivity index (χ1n) is 11.2. The van der Waals surface area contributed by atoms with Crippen molar-refractivity contribution in [3.05, 3.63) is 81.2 Å². The maximum Gasteiger partial charge on any atom is 0.311 e. The molecule has 8 heteroatoms. The van der Waals surface area contributed by atoms with E-state index in [4.69, 9.17) is 4.42 Å². The number of aliphatic carboxylic acids is 1. The monoisotopic (exact) mass is 447 g/mol. The molecule has 1 amide bonds. The number of hydrogen-bond donors (Lipinski definition) is 2. The van der Waals surface area contributed by atoms with Gasteiger partial charge < -0.3 is 14.4 Å². The third-order valence-electron chi connectivity index (χ3n) is 6.92. The lowest BCUT2D eigenvalue weighted by Crippen LogP contribution is -2.37. The summed E-state index contributed by atoms with van der Waals surface area (Å²) in [5, 5.41) is 16.6. The quantitative estimate of drug-likeness (QED) is 0.599. The smallest absolute Gasteiger partial charge is 0.311 e. The summed E-state index contributed by atoms with van der Waals surface area (Å²) in [6.07, 6.45) is 7.34. The highest BCUT2D eigenvalue weighted by atomic mass is 16.4. The van der Waals surface area contributed by atoms with Gasteiger partial charge in [0, 0.05) is 17.7 Å². The lowest BCUT2D eigenvalue weighted by molar-refractivity contribution is -0.142. The van der Waals surface area contributed by atoms with Crippen LogP contribution in [-0.2, 0) is 24.1 Å². The number of amides is 1. The van der Waals surface area contributed by atoms with Crippen molar-refractivity contribution in [2.45, 2.75) is 51.5 Å². The van der Waals surface area contributed by atoms with E-state index in [0.717, 1.165) is 48.1 Å². The highest BCUT2D eigenvalue weighted by Crippen LogP contribution is 2.51. The molecule has 2 aliphatic carbocycles. The van der Waals surface area contributed by atoms with E-state index < -0.39 is 17.4 Å². The van der Waals surface area contributed by atoms with E-state index in [1.165, 1.54) is 12.5 Å². The fourth-order valence-electron chi connectivity index (χ4n) is 4.80. The largest absolute Gasteiger partial charge is 0.481 e. The summed E-state index contributed by atoms with van der Waals surface area (Å²) in [6.45, 7) is 1.66. The summed E-state index contributed by atoms with van der Waals surface area (Å²) < 4.78 is 5.09. The Morgan fingerprint density at radius 3 is 2.73 bits per heavy atom. The van der Waals surface area contributed by atoms with Crippen molar-refractivity contribution >= 4 is 17.6 Å². The number of nitrogens with one attached hydrogen (secondary N) is 1. The lowest BCUT2D eigenvalue weighted by Gasteiger charge is -2.25. The van der Waals surface area contributed by atoms with Gasteiger partial charge in [-0.3, -0.25) is 14.4 Å². The van der Waals surface area contributed by atoms with Gasteiger partial charge in [0.2, 0.25) is 0 Å². The van der Waals surface area contributed by atoms with Gasteiger partial charge in [-0.05, 0) is 68.4 Å². The number of fused-ring (bicyclic) bond motifs is 1. The summed E-state index contributed by atoms with van der Waals surface area (Å²) in [5.41, 5.74) is 3.54. The van der Waals surface area contributed by atoms with E-state index >= 15 is 0 Å². The van der Waals surface area contributed by atoms with Crippen molar-refractivity contribution < 1.29 is 19.1 Å². The summed E-state index contributed by atoms with van der Waals surface area (Å²) in [7, 11) is 0. The number of benzene rings is 1. The second kappa shape index (κ2) is 8.03. The standard InChI is InChI=1S/C25H25N3O5/c1-25(24(31)32)13-21(25)28(23(30)16-9-10-33-14-16)17-6-4-5-15(11-17)12-20-18-7-2-3-8-19(18)22(29)27-26-20/h4-6,9-11,14,21H,2-3,7-8,12-13H2,1H3,(H,27,29)(H,31,32). The fraction of sp³-hybridized carbons (Fsp3) is 0.360. The third kappa shape index (κ3) is 3.75. The zero-order chi connectivity index (χ0) is 23.2.